The average Bonchev–Trinajstić information content (AvgIpc) is 2.84. The average molecular weight is 455 g/mol. The van der Waals surface area contributed by atoms with Crippen molar-refractivity contribution in [3.63, 3.8) is 0 Å². The molecule has 0 atom stereocenters. The minimum absolute atomic E-state index is 0.0248. The van der Waals surface area contributed by atoms with Crippen molar-refractivity contribution in [2.75, 3.05) is 39.4 Å². The molecule has 0 N–H and O–H groups in total. The second-order valence-corrected chi connectivity index (χ2v) is 7.67. The zero-order chi connectivity index (χ0) is 23.6. The monoisotopic (exact) mass is 454 g/mol. The fraction of sp³-hybridized carbons (Fsp3) is 0.400. The van der Waals surface area contributed by atoms with Crippen molar-refractivity contribution in [1.82, 2.24) is 9.80 Å². The van der Waals surface area contributed by atoms with Crippen molar-refractivity contribution in [2.45, 2.75) is 26.7 Å². The first-order chi connectivity index (χ1) is 16.0. The fourth-order valence-electron chi connectivity index (χ4n) is 3.53. The number of carbonyl (C=O) groups excluding carboxylic acids is 3. The van der Waals surface area contributed by atoms with Gasteiger partial charge in [-0.3, -0.25) is 9.59 Å². The molecule has 176 valence electrons. The molecule has 1 heterocycles. The first kappa shape index (κ1) is 24.1. The second-order valence-electron chi connectivity index (χ2n) is 7.67. The predicted molar refractivity (Wildman–Crippen MR) is 123 cm³/mol. The van der Waals surface area contributed by atoms with E-state index in [0.29, 0.717) is 43.2 Å². The number of rotatable bonds is 8. The van der Waals surface area contributed by atoms with Gasteiger partial charge in [-0.25, -0.2) is 4.79 Å². The number of hydrogen-bond donors (Lipinski definition) is 0. The molecule has 1 aliphatic rings. The number of nitrogens with zero attached hydrogens (tertiary/aromatic N) is 2. The minimum atomic E-state index is -0.783. The number of piperazine rings is 1. The molecular formula is C25H30N2O6. The second kappa shape index (κ2) is 11.9. The van der Waals surface area contributed by atoms with Crippen LogP contribution in [0.25, 0.3) is 0 Å². The molecule has 1 saturated heterocycles. The van der Waals surface area contributed by atoms with Gasteiger partial charge in [0, 0.05) is 31.7 Å². The summed E-state index contributed by atoms with van der Waals surface area (Å²) in [6.45, 7) is 5.81. The van der Waals surface area contributed by atoms with Gasteiger partial charge < -0.3 is 24.0 Å². The summed E-state index contributed by atoms with van der Waals surface area (Å²) in [5, 5.41) is 0. The summed E-state index contributed by atoms with van der Waals surface area (Å²) in [5.74, 6) is 0.751. The van der Waals surface area contributed by atoms with Crippen LogP contribution in [0.5, 0.6) is 11.5 Å². The van der Waals surface area contributed by atoms with E-state index in [4.69, 9.17) is 14.2 Å². The van der Waals surface area contributed by atoms with Crippen molar-refractivity contribution in [1.29, 1.82) is 0 Å². The summed E-state index contributed by atoms with van der Waals surface area (Å²) >= 11 is 0. The van der Waals surface area contributed by atoms with E-state index in [-0.39, 0.29) is 25.0 Å². The normalized spacial score (nSPS) is 13.4. The van der Waals surface area contributed by atoms with Crippen molar-refractivity contribution in [3.05, 3.63) is 59.7 Å². The Morgan fingerprint density at radius 3 is 2.03 bits per heavy atom. The molecule has 0 aliphatic carbocycles. The summed E-state index contributed by atoms with van der Waals surface area (Å²) in [5.41, 5.74) is 1.74. The summed E-state index contributed by atoms with van der Waals surface area (Å²) in [6, 6.07) is 14.1. The number of amides is 2. The molecule has 8 heteroatoms. The van der Waals surface area contributed by atoms with Gasteiger partial charge in [-0.1, -0.05) is 25.5 Å². The van der Waals surface area contributed by atoms with E-state index >= 15 is 0 Å². The molecule has 33 heavy (non-hydrogen) atoms. The Labute approximate surface area is 194 Å². The van der Waals surface area contributed by atoms with Gasteiger partial charge in [-0.15, -0.1) is 0 Å². The van der Waals surface area contributed by atoms with Gasteiger partial charge >= 0.3 is 6.16 Å². The number of hydrogen-bond acceptors (Lipinski definition) is 6. The van der Waals surface area contributed by atoms with Crippen LogP contribution in [0.1, 0.15) is 36.2 Å². The molecule has 0 aromatic heterocycles. The SMILES string of the molecule is CCCc1ccc(OCC(=O)N2CCN(C(=O)c3ccc(OC(=O)OCC)cc3)CC2)cc1. The first-order valence-electron chi connectivity index (χ1n) is 11.2. The van der Waals surface area contributed by atoms with Crippen molar-refractivity contribution < 1.29 is 28.6 Å². The van der Waals surface area contributed by atoms with E-state index < -0.39 is 6.16 Å². The molecule has 2 aromatic rings. The molecule has 0 radical (unpaired) electrons. The van der Waals surface area contributed by atoms with Gasteiger partial charge in [-0.2, -0.15) is 0 Å². The van der Waals surface area contributed by atoms with Crippen LogP contribution in [0.3, 0.4) is 0 Å². The van der Waals surface area contributed by atoms with E-state index in [2.05, 4.69) is 6.92 Å². The van der Waals surface area contributed by atoms with Crippen LogP contribution in [0.4, 0.5) is 4.79 Å². The van der Waals surface area contributed by atoms with Crippen LogP contribution in [-0.2, 0) is 16.0 Å². The van der Waals surface area contributed by atoms with Gasteiger partial charge in [0.05, 0.1) is 6.61 Å². The molecule has 0 bridgehead atoms. The molecule has 0 spiro atoms. The summed E-state index contributed by atoms with van der Waals surface area (Å²) in [7, 11) is 0. The van der Waals surface area contributed by atoms with Gasteiger partial charge in [0.1, 0.15) is 11.5 Å². The topological polar surface area (TPSA) is 85.4 Å². The van der Waals surface area contributed by atoms with Crippen LogP contribution in [0.15, 0.2) is 48.5 Å². The Morgan fingerprint density at radius 1 is 0.818 bits per heavy atom. The zero-order valence-corrected chi connectivity index (χ0v) is 19.1. The third-order valence-electron chi connectivity index (χ3n) is 5.31. The molecule has 1 fully saturated rings. The largest absolute Gasteiger partial charge is 0.513 e. The smallest absolute Gasteiger partial charge is 0.484 e. The number of carbonyl (C=O) groups is 3. The standard InChI is InChI=1S/C25H30N2O6/c1-3-5-19-6-10-21(11-7-19)32-18-23(28)26-14-16-27(17-15-26)24(29)20-8-12-22(13-9-20)33-25(30)31-4-2/h6-13H,3-5,14-18H2,1-2H3. The molecule has 1 aliphatic heterocycles. The highest BCUT2D eigenvalue weighted by atomic mass is 16.7. The highest BCUT2D eigenvalue weighted by Crippen LogP contribution is 2.16. The molecule has 8 nitrogen and oxygen atoms in total. The first-order valence-corrected chi connectivity index (χ1v) is 11.2. The minimum Gasteiger partial charge on any atom is -0.484 e. The van der Waals surface area contributed by atoms with E-state index in [1.54, 1.807) is 41.0 Å². The van der Waals surface area contributed by atoms with Gasteiger partial charge in [0.15, 0.2) is 6.61 Å². The highest BCUT2D eigenvalue weighted by molar-refractivity contribution is 5.94. The lowest BCUT2D eigenvalue weighted by molar-refractivity contribution is -0.134. The molecule has 3 rings (SSSR count). The Hall–Kier alpha value is -3.55. The van der Waals surface area contributed by atoms with Crippen LogP contribution in [-0.4, -0.2) is 67.2 Å². The van der Waals surface area contributed by atoms with Crippen LogP contribution in [0.2, 0.25) is 0 Å². The van der Waals surface area contributed by atoms with Crippen LogP contribution in [0, 0.1) is 0 Å². The molecular weight excluding hydrogens is 424 g/mol. The zero-order valence-electron chi connectivity index (χ0n) is 19.1. The molecule has 2 amide bonds. The lowest BCUT2D eigenvalue weighted by atomic mass is 10.1. The van der Waals surface area contributed by atoms with Crippen molar-refractivity contribution in [2.24, 2.45) is 0 Å². The summed E-state index contributed by atoms with van der Waals surface area (Å²) < 4.78 is 15.4. The van der Waals surface area contributed by atoms with E-state index in [1.165, 1.54) is 5.56 Å². The Morgan fingerprint density at radius 2 is 1.42 bits per heavy atom. The van der Waals surface area contributed by atoms with E-state index in [9.17, 15) is 14.4 Å². The maximum absolute atomic E-state index is 12.8. The van der Waals surface area contributed by atoms with Gasteiger partial charge in [0.25, 0.3) is 11.8 Å². The van der Waals surface area contributed by atoms with Crippen molar-refractivity contribution >= 4 is 18.0 Å². The lowest BCUT2D eigenvalue weighted by Gasteiger charge is -2.34. The number of ether oxygens (including phenoxy) is 3. The lowest BCUT2D eigenvalue weighted by Crippen LogP contribution is -2.51. The molecule has 0 unspecified atom stereocenters. The van der Waals surface area contributed by atoms with Crippen molar-refractivity contribution in [3.8, 4) is 11.5 Å². The van der Waals surface area contributed by atoms with Gasteiger partial charge in [0.2, 0.25) is 0 Å². The maximum Gasteiger partial charge on any atom is 0.513 e. The van der Waals surface area contributed by atoms with E-state index in [1.807, 2.05) is 24.3 Å². The Kier molecular flexibility index (Phi) is 8.69. The molecule has 0 saturated carbocycles. The molecule has 2 aromatic carbocycles. The highest BCUT2D eigenvalue weighted by Gasteiger charge is 2.25. The number of aryl methyl sites for hydroxylation is 1. The maximum atomic E-state index is 12.8. The van der Waals surface area contributed by atoms with Crippen LogP contribution >= 0.6 is 0 Å². The third kappa shape index (κ3) is 6.97. The Bertz CT molecular complexity index is 934. The van der Waals surface area contributed by atoms with Gasteiger partial charge in [-0.05, 0) is 55.3 Å². The third-order valence-corrected chi connectivity index (χ3v) is 5.31. The quantitative estimate of drug-likeness (QED) is 0.448. The fourth-order valence-corrected chi connectivity index (χ4v) is 3.53. The Balaban J connectivity index is 1.44. The van der Waals surface area contributed by atoms with E-state index in [0.717, 1.165) is 12.8 Å². The predicted octanol–water partition coefficient (Wildman–Crippen LogP) is 3.54. The number of benzene rings is 2. The summed E-state index contributed by atoms with van der Waals surface area (Å²) in [6.07, 6.45) is 1.32. The van der Waals surface area contributed by atoms with Crippen LogP contribution < -0.4 is 9.47 Å². The summed E-state index contributed by atoms with van der Waals surface area (Å²) in [4.78, 5) is 40.1.